The molecule has 2 aromatic carbocycles. The predicted molar refractivity (Wildman–Crippen MR) is 142 cm³/mol. The molecule has 7 nitrogen and oxygen atoms in total. The molecule has 1 atom stereocenters. The SMILES string of the molecule is CCNC(=NCc1ccc(OC)c(OCC)c1)NCc1ccc(C)cc1OC1CCOC1.I. The summed E-state index contributed by atoms with van der Waals surface area (Å²) in [6.45, 7) is 9.99. The van der Waals surface area contributed by atoms with E-state index >= 15 is 0 Å². The first kappa shape index (κ1) is 27.0. The maximum Gasteiger partial charge on any atom is 0.191 e. The first-order valence-electron chi connectivity index (χ1n) is 11.3. The fourth-order valence-corrected chi connectivity index (χ4v) is 3.48. The number of halogens is 1. The highest BCUT2D eigenvalue weighted by atomic mass is 127. The molecule has 2 N–H and O–H groups in total. The molecule has 2 aromatic rings. The predicted octanol–water partition coefficient (Wildman–Crippen LogP) is 4.44. The molecular formula is C25H36IN3O4. The van der Waals surface area contributed by atoms with Crippen molar-refractivity contribution in [2.45, 2.75) is 46.4 Å². The van der Waals surface area contributed by atoms with Crippen LogP contribution in [0.25, 0.3) is 0 Å². The van der Waals surface area contributed by atoms with Gasteiger partial charge in [0.2, 0.25) is 0 Å². The molecule has 1 saturated heterocycles. The lowest BCUT2D eigenvalue weighted by Gasteiger charge is -2.18. The minimum Gasteiger partial charge on any atom is -0.493 e. The number of rotatable bonds is 10. The van der Waals surface area contributed by atoms with Gasteiger partial charge in [-0.15, -0.1) is 24.0 Å². The minimum absolute atomic E-state index is 0. The molecule has 0 saturated carbocycles. The fourth-order valence-electron chi connectivity index (χ4n) is 3.48. The van der Waals surface area contributed by atoms with Gasteiger partial charge >= 0.3 is 0 Å². The van der Waals surface area contributed by atoms with Crippen LogP contribution in [-0.4, -0.2) is 45.5 Å². The van der Waals surface area contributed by atoms with E-state index in [1.807, 2.05) is 25.1 Å². The van der Waals surface area contributed by atoms with Gasteiger partial charge in [-0.05, 0) is 50.1 Å². The highest BCUT2D eigenvalue weighted by Crippen LogP contribution is 2.28. The third-order valence-electron chi connectivity index (χ3n) is 5.14. The van der Waals surface area contributed by atoms with Crippen molar-refractivity contribution in [3.05, 3.63) is 53.1 Å². The maximum absolute atomic E-state index is 6.22. The van der Waals surface area contributed by atoms with Crippen molar-refractivity contribution in [2.24, 2.45) is 4.99 Å². The zero-order chi connectivity index (χ0) is 22.8. The summed E-state index contributed by atoms with van der Waals surface area (Å²) in [5, 5.41) is 6.74. The van der Waals surface area contributed by atoms with Crippen LogP contribution in [0.2, 0.25) is 0 Å². The molecule has 1 aliphatic heterocycles. The summed E-state index contributed by atoms with van der Waals surface area (Å²) in [5.74, 6) is 3.11. The van der Waals surface area contributed by atoms with Gasteiger partial charge in [-0.2, -0.15) is 0 Å². The first-order valence-corrected chi connectivity index (χ1v) is 11.3. The van der Waals surface area contributed by atoms with Gasteiger partial charge in [-0.25, -0.2) is 4.99 Å². The number of aliphatic imine (C=N–C) groups is 1. The first-order chi connectivity index (χ1) is 15.6. The summed E-state index contributed by atoms with van der Waals surface area (Å²) < 4.78 is 22.7. The molecule has 182 valence electrons. The Balaban J connectivity index is 0.00000385. The van der Waals surface area contributed by atoms with Crippen LogP contribution < -0.4 is 24.8 Å². The summed E-state index contributed by atoms with van der Waals surface area (Å²) in [5.41, 5.74) is 3.32. The molecule has 8 heteroatoms. The molecule has 1 aliphatic rings. The number of methoxy groups -OCH3 is 1. The molecule has 3 rings (SSSR count). The summed E-state index contributed by atoms with van der Waals surface area (Å²) in [7, 11) is 1.64. The number of nitrogens with one attached hydrogen (secondary N) is 2. The van der Waals surface area contributed by atoms with E-state index in [0.29, 0.717) is 26.3 Å². The maximum atomic E-state index is 6.22. The molecule has 0 radical (unpaired) electrons. The summed E-state index contributed by atoms with van der Waals surface area (Å²) >= 11 is 0. The van der Waals surface area contributed by atoms with E-state index < -0.39 is 0 Å². The standard InChI is InChI=1S/C25H35N3O4.HI/c1-5-26-25(27-15-19-8-10-22(29-4)24(14-19)31-6-2)28-16-20-9-7-18(3)13-23(20)32-21-11-12-30-17-21;/h7-10,13-14,21H,5-6,11-12,15-17H2,1-4H3,(H2,26,27,28);1H. The van der Waals surface area contributed by atoms with E-state index in [0.717, 1.165) is 53.9 Å². The average molecular weight is 569 g/mol. The van der Waals surface area contributed by atoms with Crippen LogP contribution in [0.4, 0.5) is 0 Å². The van der Waals surface area contributed by atoms with E-state index in [1.165, 1.54) is 5.56 Å². The van der Waals surface area contributed by atoms with E-state index in [1.54, 1.807) is 7.11 Å². The lowest BCUT2D eigenvalue weighted by atomic mass is 10.1. The van der Waals surface area contributed by atoms with Crippen molar-refractivity contribution in [2.75, 3.05) is 33.5 Å². The Morgan fingerprint density at radius 1 is 1.09 bits per heavy atom. The summed E-state index contributed by atoms with van der Waals surface area (Å²) in [6, 6.07) is 12.2. The topological polar surface area (TPSA) is 73.3 Å². The van der Waals surface area contributed by atoms with Gasteiger partial charge in [0.15, 0.2) is 17.5 Å². The normalized spacial score (nSPS) is 15.5. The van der Waals surface area contributed by atoms with Crippen LogP contribution in [0.1, 0.15) is 37.0 Å². The van der Waals surface area contributed by atoms with Crippen LogP contribution in [-0.2, 0) is 17.8 Å². The molecule has 1 heterocycles. The van der Waals surface area contributed by atoms with Gasteiger partial charge in [-0.3, -0.25) is 0 Å². The molecule has 33 heavy (non-hydrogen) atoms. The largest absolute Gasteiger partial charge is 0.493 e. The smallest absolute Gasteiger partial charge is 0.191 e. The zero-order valence-corrected chi connectivity index (χ0v) is 22.3. The van der Waals surface area contributed by atoms with E-state index in [4.69, 9.17) is 23.9 Å². The molecule has 0 amide bonds. The molecule has 0 aromatic heterocycles. The second-order valence-electron chi connectivity index (χ2n) is 7.68. The molecule has 1 unspecified atom stereocenters. The molecule has 1 fully saturated rings. The third-order valence-corrected chi connectivity index (χ3v) is 5.14. The summed E-state index contributed by atoms with van der Waals surface area (Å²) in [6.07, 6.45) is 1.04. The zero-order valence-electron chi connectivity index (χ0n) is 20.0. The van der Waals surface area contributed by atoms with E-state index in [2.05, 4.69) is 42.7 Å². The molecular weight excluding hydrogens is 533 g/mol. The quantitative estimate of drug-likeness (QED) is 0.251. The van der Waals surface area contributed by atoms with Gasteiger partial charge < -0.3 is 29.6 Å². The van der Waals surface area contributed by atoms with Crippen molar-refractivity contribution in [1.29, 1.82) is 0 Å². The lowest BCUT2D eigenvalue weighted by Crippen LogP contribution is -2.37. The van der Waals surface area contributed by atoms with Gasteiger partial charge in [0, 0.05) is 25.1 Å². The van der Waals surface area contributed by atoms with Crippen LogP contribution in [0.3, 0.4) is 0 Å². The van der Waals surface area contributed by atoms with Gasteiger partial charge in [0.25, 0.3) is 0 Å². The third kappa shape index (κ3) is 8.26. The van der Waals surface area contributed by atoms with Gasteiger partial charge in [0.1, 0.15) is 11.9 Å². The Bertz CT molecular complexity index is 901. The fraction of sp³-hybridized carbons (Fsp3) is 0.480. The monoisotopic (exact) mass is 569 g/mol. The second-order valence-corrected chi connectivity index (χ2v) is 7.68. The number of ether oxygens (including phenoxy) is 4. The van der Waals surface area contributed by atoms with Crippen molar-refractivity contribution < 1.29 is 18.9 Å². The number of hydrogen-bond donors (Lipinski definition) is 2. The summed E-state index contributed by atoms with van der Waals surface area (Å²) in [4.78, 5) is 4.74. The Morgan fingerprint density at radius 3 is 2.64 bits per heavy atom. The number of hydrogen-bond acceptors (Lipinski definition) is 5. The number of guanidine groups is 1. The second kappa shape index (κ2) is 14.1. The van der Waals surface area contributed by atoms with Crippen molar-refractivity contribution >= 4 is 29.9 Å². The number of benzene rings is 2. The van der Waals surface area contributed by atoms with Crippen LogP contribution in [0, 0.1) is 6.92 Å². The van der Waals surface area contributed by atoms with Crippen LogP contribution in [0.15, 0.2) is 41.4 Å². The highest BCUT2D eigenvalue weighted by Gasteiger charge is 2.18. The van der Waals surface area contributed by atoms with Crippen molar-refractivity contribution in [1.82, 2.24) is 10.6 Å². The molecule has 0 aliphatic carbocycles. The number of nitrogens with zero attached hydrogens (tertiary/aromatic N) is 1. The lowest BCUT2D eigenvalue weighted by molar-refractivity contribution is 0.140. The minimum atomic E-state index is 0. The Labute approximate surface area is 214 Å². The average Bonchev–Trinajstić information content (AvgIpc) is 3.30. The highest BCUT2D eigenvalue weighted by molar-refractivity contribution is 14.0. The van der Waals surface area contributed by atoms with Gasteiger partial charge in [0.05, 0.1) is 33.5 Å². The Kier molecular flexibility index (Phi) is 11.6. The Morgan fingerprint density at radius 2 is 1.94 bits per heavy atom. The van der Waals surface area contributed by atoms with Gasteiger partial charge in [-0.1, -0.05) is 18.2 Å². The van der Waals surface area contributed by atoms with Crippen molar-refractivity contribution in [3.63, 3.8) is 0 Å². The van der Waals surface area contributed by atoms with E-state index in [-0.39, 0.29) is 30.1 Å². The van der Waals surface area contributed by atoms with Crippen molar-refractivity contribution in [3.8, 4) is 17.2 Å². The number of aryl methyl sites for hydroxylation is 1. The van der Waals surface area contributed by atoms with Crippen LogP contribution in [0.5, 0.6) is 17.2 Å². The molecule has 0 bridgehead atoms. The van der Waals surface area contributed by atoms with E-state index in [9.17, 15) is 0 Å². The van der Waals surface area contributed by atoms with Crippen LogP contribution >= 0.6 is 24.0 Å². The Hall–Kier alpha value is -2.20. The molecule has 0 spiro atoms.